The van der Waals surface area contributed by atoms with Crippen molar-refractivity contribution in [3.05, 3.63) is 34.9 Å². The monoisotopic (exact) mass is 314 g/mol. The van der Waals surface area contributed by atoms with Crippen molar-refractivity contribution in [2.24, 2.45) is 0 Å². The second-order valence-corrected chi connectivity index (χ2v) is 6.75. The lowest BCUT2D eigenvalue weighted by Gasteiger charge is -2.35. The van der Waals surface area contributed by atoms with Gasteiger partial charge in [-0.3, -0.25) is 9.59 Å². The number of carbonyl (C=O) groups is 2. The standard InChI is InChI=1S/C18H22N2O3/c1-2-11-8-19-17(21)15-6-3-12(7-16(11)15)18(22)20-13-4-5-14(20)10-23-9-13/h3,6-7,11,13-14H,2,4-5,8-10H2,1H3,(H,19,21). The molecule has 3 aliphatic rings. The van der Waals surface area contributed by atoms with Crippen molar-refractivity contribution < 1.29 is 14.3 Å². The molecule has 2 saturated heterocycles. The average molecular weight is 314 g/mol. The molecule has 3 heterocycles. The molecule has 5 heteroatoms. The van der Waals surface area contributed by atoms with E-state index in [1.54, 1.807) is 6.07 Å². The number of amides is 2. The summed E-state index contributed by atoms with van der Waals surface area (Å²) in [7, 11) is 0. The minimum absolute atomic E-state index is 0.0323. The summed E-state index contributed by atoms with van der Waals surface area (Å²) < 4.78 is 5.57. The normalized spacial score (nSPS) is 29.2. The Morgan fingerprint density at radius 1 is 1.30 bits per heavy atom. The van der Waals surface area contributed by atoms with Crippen LogP contribution in [0.1, 0.15) is 58.4 Å². The Morgan fingerprint density at radius 3 is 2.74 bits per heavy atom. The van der Waals surface area contributed by atoms with E-state index in [2.05, 4.69) is 12.2 Å². The van der Waals surface area contributed by atoms with Crippen LogP contribution >= 0.6 is 0 Å². The minimum Gasteiger partial charge on any atom is -0.377 e. The summed E-state index contributed by atoms with van der Waals surface area (Å²) in [6.45, 7) is 4.06. The minimum atomic E-state index is -0.0323. The Balaban J connectivity index is 1.67. The van der Waals surface area contributed by atoms with Crippen LogP contribution in [0, 0.1) is 0 Å². The van der Waals surface area contributed by atoms with E-state index in [4.69, 9.17) is 4.74 Å². The molecule has 2 bridgehead atoms. The van der Waals surface area contributed by atoms with Crippen molar-refractivity contribution >= 4 is 11.8 Å². The fourth-order valence-corrected chi connectivity index (χ4v) is 4.13. The van der Waals surface area contributed by atoms with Crippen LogP contribution in [0.15, 0.2) is 18.2 Å². The number of ether oxygens (including phenoxy) is 1. The fraction of sp³-hybridized carbons (Fsp3) is 0.556. The number of hydrogen-bond acceptors (Lipinski definition) is 3. The van der Waals surface area contributed by atoms with Gasteiger partial charge in [-0.25, -0.2) is 0 Å². The smallest absolute Gasteiger partial charge is 0.254 e. The van der Waals surface area contributed by atoms with Crippen LogP contribution < -0.4 is 5.32 Å². The number of nitrogens with one attached hydrogen (secondary N) is 1. The summed E-state index contributed by atoms with van der Waals surface area (Å²) in [4.78, 5) is 27.0. The van der Waals surface area contributed by atoms with Crippen LogP contribution in [-0.2, 0) is 4.74 Å². The molecule has 0 saturated carbocycles. The van der Waals surface area contributed by atoms with E-state index >= 15 is 0 Å². The van der Waals surface area contributed by atoms with Crippen molar-refractivity contribution in [3.8, 4) is 0 Å². The Morgan fingerprint density at radius 2 is 2.04 bits per heavy atom. The zero-order valence-corrected chi connectivity index (χ0v) is 13.4. The first-order valence-corrected chi connectivity index (χ1v) is 8.51. The quantitative estimate of drug-likeness (QED) is 0.907. The van der Waals surface area contributed by atoms with E-state index < -0.39 is 0 Å². The first-order valence-electron chi connectivity index (χ1n) is 8.51. The van der Waals surface area contributed by atoms with E-state index in [-0.39, 0.29) is 29.8 Å². The molecule has 122 valence electrons. The van der Waals surface area contributed by atoms with Crippen molar-refractivity contribution in [1.82, 2.24) is 10.2 Å². The van der Waals surface area contributed by atoms with Crippen LogP contribution in [0.5, 0.6) is 0 Å². The highest BCUT2D eigenvalue weighted by Crippen LogP contribution is 2.32. The molecule has 4 rings (SSSR count). The lowest BCUT2D eigenvalue weighted by atomic mass is 9.87. The molecule has 0 radical (unpaired) electrons. The van der Waals surface area contributed by atoms with Gasteiger partial charge in [0.05, 0.1) is 25.3 Å². The van der Waals surface area contributed by atoms with Crippen LogP contribution in [-0.4, -0.2) is 48.6 Å². The summed E-state index contributed by atoms with van der Waals surface area (Å²) in [6, 6.07) is 5.97. The van der Waals surface area contributed by atoms with E-state index in [1.807, 2.05) is 17.0 Å². The number of nitrogens with zero attached hydrogens (tertiary/aromatic N) is 1. The van der Waals surface area contributed by atoms with E-state index in [0.29, 0.717) is 30.9 Å². The number of benzene rings is 1. The van der Waals surface area contributed by atoms with Gasteiger partial charge in [-0.15, -0.1) is 0 Å². The molecular weight excluding hydrogens is 292 g/mol. The first-order chi connectivity index (χ1) is 11.2. The first kappa shape index (κ1) is 14.7. The molecule has 0 spiro atoms. The summed E-state index contributed by atoms with van der Waals surface area (Å²) in [5.74, 6) is 0.344. The van der Waals surface area contributed by atoms with Crippen molar-refractivity contribution in [2.45, 2.75) is 44.2 Å². The van der Waals surface area contributed by atoms with Gasteiger partial charge in [0.2, 0.25) is 0 Å². The SMILES string of the molecule is CCC1CNC(=O)c2ccc(C(=O)N3C4CCC3COC4)cc21. The molecule has 2 fully saturated rings. The predicted molar refractivity (Wildman–Crippen MR) is 85.6 cm³/mol. The van der Waals surface area contributed by atoms with Crippen LogP contribution in [0.3, 0.4) is 0 Å². The number of carbonyl (C=O) groups excluding carboxylic acids is 2. The molecule has 3 atom stereocenters. The molecule has 1 aromatic rings. The van der Waals surface area contributed by atoms with Gasteiger partial charge >= 0.3 is 0 Å². The van der Waals surface area contributed by atoms with E-state index in [1.165, 1.54) is 0 Å². The molecule has 3 unspecified atom stereocenters. The number of morpholine rings is 1. The fourth-order valence-electron chi connectivity index (χ4n) is 4.13. The molecule has 5 nitrogen and oxygen atoms in total. The molecule has 23 heavy (non-hydrogen) atoms. The van der Waals surface area contributed by atoms with E-state index in [9.17, 15) is 9.59 Å². The summed E-state index contributed by atoms with van der Waals surface area (Å²) >= 11 is 0. The highest BCUT2D eigenvalue weighted by molar-refractivity contribution is 6.00. The maximum atomic E-state index is 13.0. The number of rotatable bonds is 2. The highest BCUT2D eigenvalue weighted by atomic mass is 16.5. The van der Waals surface area contributed by atoms with Gasteiger partial charge in [0.1, 0.15) is 0 Å². The highest BCUT2D eigenvalue weighted by Gasteiger charge is 2.40. The summed E-state index contributed by atoms with van der Waals surface area (Å²) in [5, 5.41) is 2.92. The lowest BCUT2D eigenvalue weighted by molar-refractivity contribution is -0.00716. The third-order valence-corrected chi connectivity index (χ3v) is 5.46. The van der Waals surface area contributed by atoms with Crippen LogP contribution in [0.2, 0.25) is 0 Å². The zero-order valence-electron chi connectivity index (χ0n) is 13.4. The van der Waals surface area contributed by atoms with Crippen molar-refractivity contribution in [1.29, 1.82) is 0 Å². The van der Waals surface area contributed by atoms with E-state index in [0.717, 1.165) is 24.8 Å². The largest absolute Gasteiger partial charge is 0.377 e. The Bertz CT molecular complexity index is 642. The second-order valence-electron chi connectivity index (χ2n) is 6.75. The maximum Gasteiger partial charge on any atom is 0.254 e. The third kappa shape index (κ3) is 2.34. The Hall–Kier alpha value is -1.88. The maximum absolute atomic E-state index is 13.0. The lowest BCUT2D eigenvalue weighted by Crippen LogP contribution is -2.49. The summed E-state index contributed by atoms with van der Waals surface area (Å²) in [5.41, 5.74) is 2.43. The summed E-state index contributed by atoms with van der Waals surface area (Å²) in [6.07, 6.45) is 3.01. The molecule has 1 N–H and O–H groups in total. The molecule has 1 aromatic carbocycles. The molecule has 2 amide bonds. The number of hydrogen-bond donors (Lipinski definition) is 1. The van der Waals surface area contributed by atoms with Crippen LogP contribution in [0.4, 0.5) is 0 Å². The zero-order chi connectivity index (χ0) is 16.0. The number of fused-ring (bicyclic) bond motifs is 3. The van der Waals surface area contributed by atoms with Gasteiger partial charge in [-0.1, -0.05) is 6.92 Å². The van der Waals surface area contributed by atoms with Crippen LogP contribution in [0.25, 0.3) is 0 Å². The van der Waals surface area contributed by atoms with Gasteiger partial charge in [-0.2, -0.15) is 0 Å². The van der Waals surface area contributed by atoms with Gasteiger partial charge in [-0.05, 0) is 43.0 Å². The molecule has 3 aliphatic heterocycles. The van der Waals surface area contributed by atoms with Crippen molar-refractivity contribution in [3.63, 3.8) is 0 Å². The molecule has 0 aliphatic carbocycles. The van der Waals surface area contributed by atoms with Crippen molar-refractivity contribution in [2.75, 3.05) is 19.8 Å². The van der Waals surface area contributed by atoms with Gasteiger partial charge < -0.3 is 15.0 Å². The molecule has 0 aromatic heterocycles. The third-order valence-electron chi connectivity index (χ3n) is 5.46. The predicted octanol–water partition coefficient (Wildman–Crippen LogP) is 1.93. The van der Waals surface area contributed by atoms with Gasteiger partial charge in [0, 0.05) is 23.6 Å². The molecular formula is C18H22N2O3. The second kappa shape index (κ2) is 5.64. The van der Waals surface area contributed by atoms with Gasteiger partial charge in [0.15, 0.2) is 0 Å². The topological polar surface area (TPSA) is 58.6 Å². The Kier molecular flexibility index (Phi) is 3.60. The Labute approximate surface area is 136 Å². The van der Waals surface area contributed by atoms with Gasteiger partial charge in [0.25, 0.3) is 11.8 Å². The average Bonchev–Trinajstić information content (AvgIpc) is 2.83.